The fraction of sp³-hybridized carbons (Fsp3) is 0.429. The summed E-state index contributed by atoms with van der Waals surface area (Å²) in [4.78, 5) is 3.25. The molecule has 0 atom stereocenters. The van der Waals surface area contributed by atoms with Gasteiger partial charge in [-0.2, -0.15) is 0 Å². The van der Waals surface area contributed by atoms with Crippen LogP contribution in [-0.4, -0.2) is 11.5 Å². The van der Waals surface area contributed by atoms with Crippen molar-refractivity contribution in [1.29, 1.82) is 0 Å². The molecule has 2 N–H and O–H groups in total. The second kappa shape index (κ2) is 4.30. The largest absolute Gasteiger partial charge is 0.361 e. The van der Waals surface area contributed by atoms with Gasteiger partial charge >= 0.3 is 0 Å². The molecule has 0 bridgehead atoms. The molecule has 1 aliphatic carbocycles. The highest BCUT2D eigenvalue weighted by atomic mass is 14.8. The van der Waals surface area contributed by atoms with Gasteiger partial charge in [-0.05, 0) is 42.0 Å². The van der Waals surface area contributed by atoms with Crippen molar-refractivity contribution in [3.05, 3.63) is 36.0 Å². The second-order valence-corrected chi connectivity index (χ2v) is 4.81. The van der Waals surface area contributed by atoms with E-state index in [0.717, 1.165) is 19.0 Å². The number of hydrogen-bond acceptors (Lipinski definition) is 1. The first-order valence-corrected chi connectivity index (χ1v) is 6.18. The Morgan fingerprint density at radius 3 is 3.06 bits per heavy atom. The van der Waals surface area contributed by atoms with Gasteiger partial charge in [0.15, 0.2) is 0 Å². The van der Waals surface area contributed by atoms with Crippen molar-refractivity contribution >= 4 is 10.9 Å². The van der Waals surface area contributed by atoms with Crippen LogP contribution in [0.1, 0.15) is 24.8 Å². The highest BCUT2D eigenvalue weighted by Crippen LogP contribution is 2.31. The van der Waals surface area contributed by atoms with Crippen LogP contribution < -0.4 is 5.32 Å². The van der Waals surface area contributed by atoms with Gasteiger partial charge in [-0.1, -0.05) is 25.0 Å². The summed E-state index contributed by atoms with van der Waals surface area (Å²) >= 11 is 0. The summed E-state index contributed by atoms with van der Waals surface area (Å²) < 4.78 is 0. The molecule has 16 heavy (non-hydrogen) atoms. The Morgan fingerprint density at radius 2 is 2.19 bits per heavy atom. The molecular formula is C14H18N2. The van der Waals surface area contributed by atoms with Crippen LogP contribution in [0.3, 0.4) is 0 Å². The third-order valence-corrected chi connectivity index (χ3v) is 3.37. The van der Waals surface area contributed by atoms with Crippen LogP contribution in [0.4, 0.5) is 0 Å². The zero-order valence-electron chi connectivity index (χ0n) is 9.50. The summed E-state index contributed by atoms with van der Waals surface area (Å²) in [6.45, 7) is 2.15. The molecule has 1 saturated carbocycles. The van der Waals surface area contributed by atoms with E-state index >= 15 is 0 Å². The Morgan fingerprint density at radius 1 is 1.25 bits per heavy atom. The number of aromatic amines is 1. The zero-order valence-corrected chi connectivity index (χ0v) is 9.50. The maximum absolute atomic E-state index is 3.52. The molecule has 0 unspecified atom stereocenters. The molecule has 2 heteroatoms. The highest BCUT2D eigenvalue weighted by Gasteiger charge is 2.19. The van der Waals surface area contributed by atoms with E-state index in [-0.39, 0.29) is 0 Å². The minimum Gasteiger partial charge on any atom is -0.361 e. The third-order valence-electron chi connectivity index (χ3n) is 3.37. The summed E-state index contributed by atoms with van der Waals surface area (Å²) in [5.74, 6) is 1.03. The number of aromatic nitrogens is 1. The van der Waals surface area contributed by atoms with Gasteiger partial charge < -0.3 is 10.3 Å². The molecule has 0 aliphatic heterocycles. The normalized spacial score (nSPS) is 15.8. The van der Waals surface area contributed by atoms with E-state index in [4.69, 9.17) is 0 Å². The van der Waals surface area contributed by atoms with Crippen molar-refractivity contribution in [1.82, 2.24) is 10.3 Å². The topological polar surface area (TPSA) is 27.8 Å². The van der Waals surface area contributed by atoms with Crippen molar-refractivity contribution < 1.29 is 0 Å². The Hall–Kier alpha value is -1.28. The average molecular weight is 214 g/mol. The molecule has 2 aromatic rings. The van der Waals surface area contributed by atoms with Gasteiger partial charge in [0, 0.05) is 18.3 Å². The van der Waals surface area contributed by atoms with Crippen molar-refractivity contribution in [3.63, 3.8) is 0 Å². The summed E-state index contributed by atoms with van der Waals surface area (Å²) in [5.41, 5.74) is 2.60. The second-order valence-electron chi connectivity index (χ2n) is 4.81. The molecular weight excluding hydrogens is 196 g/mol. The number of nitrogens with one attached hydrogen (secondary N) is 2. The molecule has 1 fully saturated rings. The van der Waals surface area contributed by atoms with Crippen LogP contribution in [0.25, 0.3) is 10.9 Å². The first-order chi connectivity index (χ1) is 7.92. The lowest BCUT2D eigenvalue weighted by molar-refractivity contribution is 0.613. The van der Waals surface area contributed by atoms with E-state index in [1.807, 2.05) is 6.20 Å². The van der Waals surface area contributed by atoms with E-state index in [1.165, 1.54) is 35.7 Å². The standard InChI is InChI=1S/C14H18N2/c1-2-11(1)5-7-15-10-12-3-4-13-6-8-16-14(13)9-12/h3-4,6,8-9,11,15-16H,1-2,5,7,10H2. The smallest absolute Gasteiger partial charge is 0.0457 e. The molecule has 1 aromatic heterocycles. The first kappa shape index (κ1) is 9.91. The molecule has 2 nitrogen and oxygen atoms in total. The maximum atomic E-state index is 3.52. The summed E-state index contributed by atoms with van der Waals surface area (Å²) in [7, 11) is 0. The fourth-order valence-corrected chi connectivity index (χ4v) is 2.15. The van der Waals surface area contributed by atoms with Crippen LogP contribution >= 0.6 is 0 Å². The maximum Gasteiger partial charge on any atom is 0.0457 e. The van der Waals surface area contributed by atoms with Gasteiger partial charge in [-0.3, -0.25) is 0 Å². The van der Waals surface area contributed by atoms with Crippen LogP contribution in [0, 0.1) is 5.92 Å². The van der Waals surface area contributed by atoms with E-state index < -0.39 is 0 Å². The molecule has 0 amide bonds. The van der Waals surface area contributed by atoms with Crippen LogP contribution in [0.2, 0.25) is 0 Å². The highest BCUT2D eigenvalue weighted by molar-refractivity contribution is 5.79. The number of hydrogen-bond donors (Lipinski definition) is 2. The lowest BCUT2D eigenvalue weighted by atomic mass is 10.1. The van der Waals surface area contributed by atoms with Gasteiger partial charge in [0.2, 0.25) is 0 Å². The zero-order chi connectivity index (χ0) is 10.8. The summed E-state index contributed by atoms with van der Waals surface area (Å²) in [6.07, 6.45) is 6.26. The fourth-order valence-electron chi connectivity index (χ4n) is 2.15. The molecule has 1 aliphatic rings. The Bertz CT molecular complexity index is 468. The van der Waals surface area contributed by atoms with Gasteiger partial charge in [0.05, 0.1) is 0 Å². The Balaban J connectivity index is 1.55. The van der Waals surface area contributed by atoms with Crippen LogP contribution in [0.5, 0.6) is 0 Å². The molecule has 1 heterocycles. The van der Waals surface area contributed by atoms with Gasteiger partial charge in [0.25, 0.3) is 0 Å². The number of rotatable bonds is 5. The van der Waals surface area contributed by atoms with E-state index in [9.17, 15) is 0 Å². The average Bonchev–Trinajstić information content (AvgIpc) is 3.01. The van der Waals surface area contributed by atoms with Crippen LogP contribution in [0.15, 0.2) is 30.5 Å². The molecule has 84 valence electrons. The molecule has 0 saturated heterocycles. The monoisotopic (exact) mass is 214 g/mol. The number of fused-ring (bicyclic) bond motifs is 1. The van der Waals surface area contributed by atoms with Crippen molar-refractivity contribution in [2.24, 2.45) is 5.92 Å². The van der Waals surface area contributed by atoms with E-state index in [0.29, 0.717) is 0 Å². The molecule has 0 radical (unpaired) electrons. The SMILES string of the molecule is c1cc2ccc(CNCCC3CC3)cc2[nH]1. The first-order valence-electron chi connectivity index (χ1n) is 6.18. The summed E-state index contributed by atoms with van der Waals surface area (Å²) in [6, 6.07) is 8.74. The van der Waals surface area contributed by atoms with Crippen molar-refractivity contribution in [2.75, 3.05) is 6.54 Å². The van der Waals surface area contributed by atoms with Gasteiger partial charge in [-0.15, -0.1) is 0 Å². The minimum absolute atomic E-state index is 0.988. The van der Waals surface area contributed by atoms with Gasteiger partial charge in [0.1, 0.15) is 0 Å². The molecule has 3 rings (SSSR count). The quantitative estimate of drug-likeness (QED) is 0.736. The van der Waals surface area contributed by atoms with Crippen LogP contribution in [-0.2, 0) is 6.54 Å². The van der Waals surface area contributed by atoms with E-state index in [2.05, 4.69) is 34.6 Å². The Labute approximate surface area is 96.1 Å². The summed E-state index contributed by atoms with van der Waals surface area (Å²) in [5, 5.41) is 4.81. The lowest BCUT2D eigenvalue weighted by Gasteiger charge is -2.04. The molecule has 1 aromatic carbocycles. The van der Waals surface area contributed by atoms with Gasteiger partial charge in [-0.25, -0.2) is 0 Å². The third kappa shape index (κ3) is 2.27. The lowest BCUT2D eigenvalue weighted by Crippen LogP contribution is -2.15. The van der Waals surface area contributed by atoms with E-state index in [1.54, 1.807) is 0 Å². The minimum atomic E-state index is 0.988. The predicted octanol–water partition coefficient (Wildman–Crippen LogP) is 3.06. The number of H-pyrrole nitrogens is 1. The van der Waals surface area contributed by atoms with Crippen molar-refractivity contribution in [3.8, 4) is 0 Å². The Kier molecular flexibility index (Phi) is 2.66. The van der Waals surface area contributed by atoms with Crippen molar-refractivity contribution in [2.45, 2.75) is 25.8 Å². The molecule has 0 spiro atoms. The predicted molar refractivity (Wildman–Crippen MR) is 67.3 cm³/mol. The number of benzene rings is 1.